The molecule has 8 nitrogen and oxygen atoms in total. The van der Waals surface area contributed by atoms with Gasteiger partial charge in [-0.15, -0.1) is 10.2 Å². The van der Waals surface area contributed by atoms with Gasteiger partial charge in [-0.2, -0.15) is 13.2 Å². The van der Waals surface area contributed by atoms with E-state index in [2.05, 4.69) is 14.8 Å². The number of aromatic nitrogens is 5. The summed E-state index contributed by atoms with van der Waals surface area (Å²) in [5, 5.41) is 8.43. The van der Waals surface area contributed by atoms with E-state index in [1.807, 2.05) is 29.8 Å². The molecule has 40 heavy (non-hydrogen) atoms. The maximum absolute atomic E-state index is 14.3. The first-order valence-electron chi connectivity index (χ1n) is 13.8. The summed E-state index contributed by atoms with van der Waals surface area (Å²) in [7, 11) is 2.21. The van der Waals surface area contributed by atoms with Gasteiger partial charge in [0.1, 0.15) is 21.1 Å². The van der Waals surface area contributed by atoms with Crippen LogP contribution in [0.25, 0.3) is 11.2 Å². The van der Waals surface area contributed by atoms with Crippen LogP contribution in [0.3, 0.4) is 0 Å². The molecule has 0 bridgehead atoms. The van der Waals surface area contributed by atoms with Crippen molar-refractivity contribution in [1.82, 2.24) is 28.3 Å². The number of alkyl halides is 3. The lowest BCUT2D eigenvalue weighted by Crippen LogP contribution is -2.37. The average Bonchev–Trinajstić information content (AvgIpc) is 3.60. The average molecular weight is 571 g/mol. The zero-order valence-electron chi connectivity index (χ0n) is 22.6. The smallest absolute Gasteiger partial charge is 0.387 e. The fourth-order valence-electron chi connectivity index (χ4n) is 6.31. The highest BCUT2D eigenvalue weighted by Gasteiger charge is 2.36. The van der Waals surface area contributed by atoms with Gasteiger partial charge in [0.15, 0.2) is 0 Å². The molecular weight excluding hydrogens is 537 g/mol. The van der Waals surface area contributed by atoms with Crippen LogP contribution in [0.5, 0.6) is 0 Å². The third kappa shape index (κ3) is 4.92. The number of imidazole rings is 1. The Labute approximate surface area is 231 Å². The molecule has 1 saturated carbocycles. The summed E-state index contributed by atoms with van der Waals surface area (Å²) >= 11 is 0. The quantitative estimate of drug-likeness (QED) is 0.296. The zero-order valence-corrected chi connectivity index (χ0v) is 23.8. The molecule has 0 N–H and O–H groups in total. The van der Waals surface area contributed by atoms with Crippen LogP contribution in [0.4, 0.5) is 13.2 Å². The van der Waals surface area contributed by atoms with Crippen LogP contribution >= 0.6 is 0 Å². The molecule has 1 aliphatic heterocycles. The van der Waals surface area contributed by atoms with Crippen molar-refractivity contribution < 1.29 is 17.9 Å². The highest BCUT2D eigenvalue weighted by Crippen LogP contribution is 2.43. The van der Waals surface area contributed by atoms with Gasteiger partial charge in [-0.1, -0.05) is 18.6 Å². The Hall–Kier alpha value is -3.22. The number of fused-ring (bicyclic) bond motifs is 1. The summed E-state index contributed by atoms with van der Waals surface area (Å²) < 4.78 is 54.9. The summed E-state index contributed by atoms with van der Waals surface area (Å²) in [5.41, 5.74) is 0.511. The lowest BCUT2D eigenvalue weighted by Gasteiger charge is -2.33. The SMILES string of the molecule is COC[Si@@H]1CCCN1Cc1cc(C(F)(F)F)c2cn(-c3cccc([C@H](c4nncn4C)C4CCC4)c3)c(=O)n2c1. The predicted octanol–water partition coefficient (Wildman–Crippen LogP) is 4.28. The second-order valence-electron chi connectivity index (χ2n) is 11.1. The molecule has 4 aromatic rings. The number of nitrogens with zero attached hydrogens (tertiary/aromatic N) is 6. The van der Waals surface area contributed by atoms with E-state index in [0.29, 0.717) is 29.9 Å². The summed E-state index contributed by atoms with van der Waals surface area (Å²) in [6, 6.07) is 9.79. The van der Waals surface area contributed by atoms with Crippen molar-refractivity contribution in [3.05, 3.63) is 82.1 Å². The van der Waals surface area contributed by atoms with Gasteiger partial charge >= 0.3 is 11.9 Å². The maximum Gasteiger partial charge on any atom is 0.418 e. The lowest BCUT2D eigenvalue weighted by molar-refractivity contribution is -0.136. The first-order chi connectivity index (χ1) is 19.2. The van der Waals surface area contributed by atoms with Crippen LogP contribution in [0.15, 0.2) is 53.8 Å². The highest BCUT2D eigenvalue weighted by atomic mass is 28.3. The van der Waals surface area contributed by atoms with E-state index in [1.165, 1.54) is 16.8 Å². The largest absolute Gasteiger partial charge is 0.418 e. The molecule has 6 rings (SSSR count). The molecule has 2 fully saturated rings. The van der Waals surface area contributed by atoms with Crippen LogP contribution < -0.4 is 5.69 Å². The van der Waals surface area contributed by atoms with Crippen molar-refractivity contribution in [2.75, 3.05) is 19.9 Å². The van der Waals surface area contributed by atoms with Crippen molar-refractivity contribution in [2.45, 2.75) is 50.4 Å². The number of methoxy groups -OCH3 is 1. The molecule has 0 amide bonds. The number of halogens is 3. The Morgan fingerprint density at radius 3 is 2.67 bits per heavy atom. The normalized spacial score (nSPS) is 19.4. The number of aryl methyl sites for hydroxylation is 1. The molecule has 0 unspecified atom stereocenters. The number of ether oxygens (including phenoxy) is 1. The number of hydrogen-bond acceptors (Lipinski definition) is 5. The second kappa shape index (κ2) is 10.6. The Morgan fingerprint density at radius 2 is 2.00 bits per heavy atom. The topological polar surface area (TPSA) is 69.6 Å². The molecule has 0 radical (unpaired) electrons. The van der Waals surface area contributed by atoms with Crippen molar-refractivity contribution >= 4 is 14.5 Å². The maximum atomic E-state index is 14.3. The molecule has 12 heteroatoms. The molecule has 1 saturated heterocycles. The van der Waals surface area contributed by atoms with Gasteiger partial charge in [0.05, 0.1) is 23.0 Å². The van der Waals surface area contributed by atoms with Gasteiger partial charge < -0.3 is 13.9 Å². The molecule has 1 aliphatic carbocycles. The Balaban J connectivity index is 1.42. The van der Waals surface area contributed by atoms with Gasteiger partial charge in [0.25, 0.3) is 0 Å². The first kappa shape index (κ1) is 27.0. The predicted molar refractivity (Wildman–Crippen MR) is 147 cm³/mol. The zero-order chi connectivity index (χ0) is 28.0. The Morgan fingerprint density at radius 1 is 1.18 bits per heavy atom. The molecular formula is C28H33F3N6O2Si. The highest BCUT2D eigenvalue weighted by molar-refractivity contribution is 6.56. The van der Waals surface area contributed by atoms with E-state index >= 15 is 0 Å². The molecule has 3 aromatic heterocycles. The number of hydrogen-bond donors (Lipinski definition) is 0. The Kier molecular flexibility index (Phi) is 7.17. The van der Waals surface area contributed by atoms with Crippen molar-refractivity contribution in [2.24, 2.45) is 13.0 Å². The van der Waals surface area contributed by atoms with E-state index in [0.717, 1.165) is 54.1 Å². The van der Waals surface area contributed by atoms with E-state index in [-0.39, 0.29) is 11.4 Å². The number of benzene rings is 1. The summed E-state index contributed by atoms with van der Waals surface area (Å²) in [5.74, 6) is 1.24. The van der Waals surface area contributed by atoms with E-state index in [1.54, 1.807) is 25.7 Å². The van der Waals surface area contributed by atoms with E-state index in [4.69, 9.17) is 4.74 Å². The van der Waals surface area contributed by atoms with Gasteiger partial charge in [-0.3, -0.25) is 8.97 Å². The van der Waals surface area contributed by atoms with Crippen LogP contribution in [-0.4, -0.2) is 57.1 Å². The Bertz CT molecular complexity index is 1570. The van der Waals surface area contributed by atoms with Crippen molar-refractivity contribution in [3.8, 4) is 5.69 Å². The van der Waals surface area contributed by atoms with Crippen LogP contribution in [0, 0.1) is 5.92 Å². The first-order valence-corrected chi connectivity index (χ1v) is 15.9. The van der Waals surface area contributed by atoms with Crippen LogP contribution in [-0.2, 0) is 24.5 Å². The second-order valence-corrected chi connectivity index (χ2v) is 14.0. The van der Waals surface area contributed by atoms with Gasteiger partial charge in [0.2, 0.25) is 0 Å². The molecule has 0 spiro atoms. The molecule has 2 atom stereocenters. The van der Waals surface area contributed by atoms with Crippen LogP contribution in [0.2, 0.25) is 6.04 Å². The molecule has 4 heterocycles. The van der Waals surface area contributed by atoms with Crippen molar-refractivity contribution in [1.29, 1.82) is 0 Å². The standard InChI is InChI=1S/C28H33F3N6O2Si/c1-34-17-32-33-26(34)25(20-6-3-7-20)21-8-4-9-22(13-21)36-16-24-23(28(29,30)31)12-19(15-37(24)27(36)38)14-35-10-5-11-40(35)18-39-2/h4,8-9,12-13,15-17,20,25,40H,3,5-7,10-11,14,18H2,1-2H3/t25-,40+/m1/s1. The summed E-state index contributed by atoms with van der Waals surface area (Å²) in [6.07, 6.45) is 4.94. The molecule has 212 valence electrons. The minimum absolute atomic E-state index is 0.00375. The minimum atomic E-state index is -4.60. The lowest BCUT2D eigenvalue weighted by atomic mass is 9.72. The fraction of sp³-hybridized carbons (Fsp3) is 0.464. The molecule has 2 aliphatic rings. The number of pyridine rings is 1. The molecule has 1 aromatic carbocycles. The number of rotatable bonds is 8. The minimum Gasteiger partial charge on any atom is -0.387 e. The fourth-order valence-corrected chi connectivity index (χ4v) is 9.11. The van der Waals surface area contributed by atoms with Crippen molar-refractivity contribution in [3.63, 3.8) is 0 Å². The van der Waals surface area contributed by atoms with Gasteiger partial charge in [-0.25, -0.2) is 4.79 Å². The van der Waals surface area contributed by atoms with Gasteiger partial charge in [0, 0.05) is 39.0 Å². The third-order valence-corrected chi connectivity index (χ3v) is 11.8. The summed E-state index contributed by atoms with van der Waals surface area (Å²) in [6.45, 7) is 1.23. The van der Waals surface area contributed by atoms with E-state index < -0.39 is 26.4 Å². The van der Waals surface area contributed by atoms with E-state index in [9.17, 15) is 18.0 Å². The summed E-state index contributed by atoms with van der Waals surface area (Å²) in [4.78, 5) is 13.6. The van der Waals surface area contributed by atoms with Gasteiger partial charge in [-0.05, 0) is 67.1 Å². The van der Waals surface area contributed by atoms with Crippen LogP contribution in [0.1, 0.15) is 54.1 Å². The third-order valence-electron chi connectivity index (χ3n) is 8.53. The monoisotopic (exact) mass is 570 g/mol.